The lowest BCUT2D eigenvalue weighted by Gasteiger charge is -2.39. The predicted octanol–water partition coefficient (Wildman–Crippen LogP) is 6.03. The Bertz CT molecular complexity index is 1060. The van der Waals surface area contributed by atoms with E-state index in [4.69, 9.17) is 16.6 Å². The lowest BCUT2D eigenvalue weighted by Crippen LogP contribution is -2.47. The summed E-state index contributed by atoms with van der Waals surface area (Å²) in [5, 5.41) is 5.48. The molecule has 1 saturated heterocycles. The van der Waals surface area contributed by atoms with E-state index < -0.39 is 0 Å². The van der Waals surface area contributed by atoms with Crippen molar-refractivity contribution in [1.29, 1.82) is 0 Å². The molecule has 1 fully saturated rings. The maximum atomic E-state index is 13.1. The highest BCUT2D eigenvalue weighted by molar-refractivity contribution is 7.99. The van der Waals surface area contributed by atoms with E-state index >= 15 is 0 Å². The summed E-state index contributed by atoms with van der Waals surface area (Å²) in [4.78, 5) is 21.4. The summed E-state index contributed by atoms with van der Waals surface area (Å²) in [5.74, 6) is -0.0520. The Morgan fingerprint density at radius 3 is 2.68 bits per heavy atom. The molecule has 0 unspecified atom stereocenters. The smallest absolute Gasteiger partial charge is 0.252 e. The summed E-state index contributed by atoms with van der Waals surface area (Å²) >= 11 is 7.64. The number of piperidine rings is 1. The van der Waals surface area contributed by atoms with Crippen molar-refractivity contribution in [2.24, 2.45) is 0 Å². The lowest BCUT2D eigenvalue weighted by atomic mass is 9.98. The summed E-state index contributed by atoms with van der Waals surface area (Å²) in [5.41, 5.74) is 1.48. The number of carbonyl (C=O) groups excluding carboxylic acids is 1. The Balaban J connectivity index is 1.52. The molecule has 162 valence electrons. The first-order chi connectivity index (χ1) is 15.0. The van der Waals surface area contributed by atoms with Gasteiger partial charge in [0.25, 0.3) is 5.91 Å². The summed E-state index contributed by atoms with van der Waals surface area (Å²) < 4.78 is 0. The van der Waals surface area contributed by atoms with Crippen LogP contribution in [0.4, 0.5) is 0 Å². The van der Waals surface area contributed by atoms with Crippen molar-refractivity contribution in [3.63, 3.8) is 0 Å². The number of fused-ring (bicyclic) bond motifs is 1. The first-order valence-corrected chi connectivity index (χ1v) is 12.1. The van der Waals surface area contributed by atoms with E-state index in [9.17, 15) is 4.79 Å². The van der Waals surface area contributed by atoms with Gasteiger partial charge in [0.15, 0.2) is 0 Å². The molecule has 1 amide bonds. The Labute approximate surface area is 193 Å². The molecule has 0 spiro atoms. The normalized spacial score (nSPS) is 19.5. The van der Waals surface area contributed by atoms with Crippen molar-refractivity contribution < 1.29 is 4.79 Å². The molecule has 0 bridgehead atoms. The quantitative estimate of drug-likeness (QED) is 0.494. The van der Waals surface area contributed by atoms with Crippen LogP contribution in [0.1, 0.15) is 43.5 Å². The number of pyridine rings is 1. The molecule has 1 N–H and O–H groups in total. The van der Waals surface area contributed by atoms with Crippen LogP contribution >= 0.6 is 23.4 Å². The largest absolute Gasteiger partial charge is 0.351 e. The second kappa shape index (κ2) is 10.0. The molecule has 6 heteroatoms. The number of halogens is 1. The van der Waals surface area contributed by atoms with Gasteiger partial charge in [-0.2, -0.15) is 0 Å². The van der Waals surface area contributed by atoms with Gasteiger partial charge in [-0.3, -0.25) is 9.69 Å². The zero-order valence-corrected chi connectivity index (χ0v) is 19.5. The highest BCUT2D eigenvalue weighted by Crippen LogP contribution is 2.31. The number of rotatable bonds is 6. The average molecular weight is 454 g/mol. The van der Waals surface area contributed by atoms with Crippen LogP contribution in [0, 0.1) is 0 Å². The highest BCUT2D eigenvalue weighted by atomic mass is 35.5. The van der Waals surface area contributed by atoms with Gasteiger partial charge >= 0.3 is 0 Å². The molecular weight excluding hydrogens is 426 g/mol. The number of hydrogen-bond donors (Lipinski definition) is 1. The molecule has 1 aliphatic heterocycles. The Kier molecular flexibility index (Phi) is 7.16. The van der Waals surface area contributed by atoms with Crippen LogP contribution < -0.4 is 5.32 Å². The van der Waals surface area contributed by atoms with Crippen LogP contribution in [-0.4, -0.2) is 41.0 Å². The number of amides is 1. The molecule has 0 radical (unpaired) electrons. The van der Waals surface area contributed by atoms with Gasteiger partial charge in [0.05, 0.1) is 11.1 Å². The van der Waals surface area contributed by atoms with Gasteiger partial charge in [0.2, 0.25) is 0 Å². The third kappa shape index (κ3) is 5.40. The fourth-order valence-electron chi connectivity index (χ4n) is 4.35. The van der Waals surface area contributed by atoms with Gasteiger partial charge in [0, 0.05) is 40.5 Å². The summed E-state index contributed by atoms with van der Waals surface area (Å²) in [6, 6.07) is 18.5. The zero-order chi connectivity index (χ0) is 21.8. The summed E-state index contributed by atoms with van der Waals surface area (Å²) in [6.07, 6.45) is 3.76. The van der Waals surface area contributed by atoms with E-state index in [2.05, 4.69) is 24.1 Å². The van der Waals surface area contributed by atoms with E-state index in [1.165, 1.54) is 31.0 Å². The van der Waals surface area contributed by atoms with Crippen LogP contribution in [0.15, 0.2) is 64.5 Å². The fourth-order valence-corrected chi connectivity index (χ4v) is 5.50. The number of hydrogen-bond acceptors (Lipinski definition) is 4. The zero-order valence-electron chi connectivity index (χ0n) is 18.0. The number of nitrogens with zero attached hydrogens (tertiary/aromatic N) is 2. The van der Waals surface area contributed by atoms with Crippen molar-refractivity contribution in [2.75, 3.05) is 13.1 Å². The molecule has 2 atom stereocenters. The van der Waals surface area contributed by atoms with Crippen molar-refractivity contribution in [1.82, 2.24) is 15.2 Å². The average Bonchev–Trinajstić information content (AvgIpc) is 2.75. The van der Waals surface area contributed by atoms with Crippen molar-refractivity contribution in [2.45, 2.75) is 55.1 Å². The highest BCUT2D eigenvalue weighted by Gasteiger charge is 2.24. The molecule has 2 heterocycles. The number of likely N-dealkylation sites (tertiary alicyclic amines) is 1. The minimum absolute atomic E-state index is 0.0520. The molecule has 4 nitrogen and oxygen atoms in total. The van der Waals surface area contributed by atoms with Crippen LogP contribution in [0.5, 0.6) is 0 Å². The van der Waals surface area contributed by atoms with Gasteiger partial charge in [-0.25, -0.2) is 4.98 Å². The molecule has 4 rings (SSSR count). The van der Waals surface area contributed by atoms with E-state index in [0.717, 1.165) is 27.4 Å². The SMILES string of the molecule is C[C@@H]1CCC[C@H](C)N1CCNC(=O)c1cc(Sc2cccc(Cl)c2)nc2ccccc12. The molecule has 31 heavy (non-hydrogen) atoms. The molecule has 1 aromatic heterocycles. The monoisotopic (exact) mass is 453 g/mol. The number of benzene rings is 2. The number of aromatic nitrogens is 1. The van der Waals surface area contributed by atoms with Gasteiger partial charge in [0.1, 0.15) is 5.03 Å². The van der Waals surface area contributed by atoms with Gasteiger partial charge in [-0.1, -0.05) is 54.0 Å². The minimum atomic E-state index is -0.0520. The number of nitrogens with one attached hydrogen (secondary N) is 1. The number of carbonyl (C=O) groups is 1. The minimum Gasteiger partial charge on any atom is -0.351 e. The van der Waals surface area contributed by atoms with Gasteiger partial charge < -0.3 is 5.32 Å². The molecule has 0 aliphatic carbocycles. The third-order valence-corrected chi connectivity index (χ3v) is 7.13. The van der Waals surface area contributed by atoms with E-state index in [-0.39, 0.29) is 5.91 Å². The van der Waals surface area contributed by atoms with Crippen LogP contribution in [0.25, 0.3) is 10.9 Å². The van der Waals surface area contributed by atoms with Crippen LogP contribution in [0.3, 0.4) is 0 Å². The van der Waals surface area contributed by atoms with E-state index in [1.54, 1.807) is 0 Å². The van der Waals surface area contributed by atoms with Crippen molar-refractivity contribution in [3.8, 4) is 0 Å². The maximum Gasteiger partial charge on any atom is 0.252 e. The lowest BCUT2D eigenvalue weighted by molar-refractivity contribution is 0.0890. The molecule has 3 aromatic rings. The van der Waals surface area contributed by atoms with Crippen molar-refractivity contribution in [3.05, 3.63) is 65.2 Å². The Morgan fingerprint density at radius 1 is 1.13 bits per heavy atom. The molecular formula is C25H28ClN3OS. The van der Waals surface area contributed by atoms with Gasteiger partial charge in [-0.15, -0.1) is 0 Å². The predicted molar refractivity (Wildman–Crippen MR) is 129 cm³/mol. The maximum absolute atomic E-state index is 13.1. The number of para-hydroxylation sites is 1. The molecule has 2 aromatic carbocycles. The van der Waals surface area contributed by atoms with E-state index in [0.29, 0.717) is 29.2 Å². The summed E-state index contributed by atoms with van der Waals surface area (Å²) in [6.45, 7) is 6.09. The standard InChI is InChI=1S/C25H28ClN3OS/c1-17-7-5-8-18(2)29(17)14-13-27-25(30)22-16-24(28-23-12-4-3-11-21(22)23)31-20-10-6-9-19(26)15-20/h3-4,6,9-12,15-18H,5,7-8,13-14H2,1-2H3,(H,27,30)/t17-,18+. The Morgan fingerprint density at radius 2 is 1.90 bits per heavy atom. The molecule has 1 aliphatic rings. The first kappa shape index (κ1) is 22.1. The fraction of sp³-hybridized carbons (Fsp3) is 0.360. The second-order valence-electron chi connectivity index (χ2n) is 8.21. The third-order valence-electron chi connectivity index (χ3n) is 5.99. The Hall–Kier alpha value is -2.08. The van der Waals surface area contributed by atoms with E-state index in [1.807, 2.05) is 54.6 Å². The second-order valence-corrected chi connectivity index (χ2v) is 9.74. The van der Waals surface area contributed by atoms with Gasteiger partial charge in [-0.05, 0) is 57.0 Å². The molecule has 0 saturated carbocycles. The topological polar surface area (TPSA) is 45.2 Å². The first-order valence-electron chi connectivity index (χ1n) is 10.9. The van der Waals surface area contributed by atoms with Crippen LogP contribution in [-0.2, 0) is 0 Å². The van der Waals surface area contributed by atoms with Crippen LogP contribution in [0.2, 0.25) is 5.02 Å². The summed E-state index contributed by atoms with van der Waals surface area (Å²) in [7, 11) is 0. The van der Waals surface area contributed by atoms with Crippen molar-refractivity contribution >= 4 is 40.2 Å².